The van der Waals surface area contributed by atoms with Crippen LogP contribution in [0.1, 0.15) is 28.5 Å². The molecule has 164 valence electrons. The van der Waals surface area contributed by atoms with Gasteiger partial charge in [0.2, 0.25) is 0 Å². The Bertz CT molecular complexity index is 1310. The summed E-state index contributed by atoms with van der Waals surface area (Å²) in [4.78, 5) is 24.7. The number of rotatable bonds is 6. The SMILES string of the molecule is CCOC(=O)c1c(CNC(=O)OC)c2ccccc2n1Cc1cccc2ccc(F)cc12. The molecule has 1 heterocycles. The van der Waals surface area contributed by atoms with Crippen molar-refractivity contribution in [2.45, 2.75) is 20.0 Å². The van der Waals surface area contributed by atoms with E-state index < -0.39 is 12.1 Å². The maximum atomic E-state index is 14.0. The molecule has 0 aliphatic heterocycles. The number of hydrogen-bond acceptors (Lipinski definition) is 4. The van der Waals surface area contributed by atoms with E-state index >= 15 is 0 Å². The van der Waals surface area contributed by atoms with Crippen LogP contribution in [0.3, 0.4) is 0 Å². The van der Waals surface area contributed by atoms with Gasteiger partial charge in [0.15, 0.2) is 0 Å². The number of carbonyl (C=O) groups is 2. The predicted octanol–water partition coefficient (Wildman–Crippen LogP) is 5.01. The second-order valence-electron chi connectivity index (χ2n) is 7.28. The van der Waals surface area contributed by atoms with Crippen LogP contribution in [0.5, 0.6) is 0 Å². The lowest BCUT2D eigenvalue weighted by molar-refractivity contribution is 0.0513. The number of esters is 1. The molecule has 4 rings (SSSR count). The van der Waals surface area contributed by atoms with Crippen molar-refractivity contribution in [3.8, 4) is 0 Å². The molecule has 4 aromatic rings. The number of ether oxygens (including phenoxy) is 2. The molecule has 6 nitrogen and oxygen atoms in total. The fourth-order valence-electron chi connectivity index (χ4n) is 4.00. The van der Waals surface area contributed by atoms with Crippen molar-refractivity contribution in [1.82, 2.24) is 9.88 Å². The average molecular weight is 434 g/mol. The van der Waals surface area contributed by atoms with E-state index in [1.165, 1.54) is 19.2 Å². The number of nitrogens with one attached hydrogen (secondary N) is 1. The first-order valence-electron chi connectivity index (χ1n) is 10.3. The number of aromatic nitrogens is 1. The largest absolute Gasteiger partial charge is 0.461 e. The van der Waals surface area contributed by atoms with Crippen LogP contribution in [0.2, 0.25) is 0 Å². The number of alkyl carbamates (subject to hydrolysis) is 1. The summed E-state index contributed by atoms with van der Waals surface area (Å²) < 4.78 is 25.9. The molecule has 0 bridgehead atoms. The summed E-state index contributed by atoms with van der Waals surface area (Å²) in [5, 5.41) is 5.16. The summed E-state index contributed by atoms with van der Waals surface area (Å²) in [6.07, 6.45) is -0.596. The highest BCUT2D eigenvalue weighted by molar-refractivity contribution is 5.99. The molecule has 1 aromatic heterocycles. The Labute approximate surface area is 184 Å². The Hall–Kier alpha value is -3.87. The van der Waals surface area contributed by atoms with E-state index in [1.54, 1.807) is 13.0 Å². The molecular formula is C25H23FN2O4. The monoisotopic (exact) mass is 434 g/mol. The van der Waals surface area contributed by atoms with Crippen molar-refractivity contribution in [3.05, 3.63) is 83.3 Å². The molecule has 32 heavy (non-hydrogen) atoms. The van der Waals surface area contributed by atoms with E-state index in [-0.39, 0.29) is 19.0 Å². The van der Waals surface area contributed by atoms with Gasteiger partial charge in [0.1, 0.15) is 11.5 Å². The highest BCUT2D eigenvalue weighted by atomic mass is 19.1. The van der Waals surface area contributed by atoms with Crippen LogP contribution in [0.25, 0.3) is 21.7 Å². The van der Waals surface area contributed by atoms with Crippen LogP contribution in [-0.4, -0.2) is 30.3 Å². The Morgan fingerprint density at radius 3 is 2.62 bits per heavy atom. The van der Waals surface area contributed by atoms with Gasteiger partial charge < -0.3 is 19.4 Å². The number of para-hydroxylation sites is 1. The molecule has 1 amide bonds. The van der Waals surface area contributed by atoms with Crippen molar-refractivity contribution in [3.63, 3.8) is 0 Å². The zero-order valence-corrected chi connectivity index (χ0v) is 17.9. The topological polar surface area (TPSA) is 69.6 Å². The van der Waals surface area contributed by atoms with Crippen molar-refractivity contribution in [2.24, 2.45) is 0 Å². The van der Waals surface area contributed by atoms with Gasteiger partial charge in [-0.05, 0) is 41.5 Å². The average Bonchev–Trinajstić information content (AvgIpc) is 3.11. The molecule has 1 N–H and O–H groups in total. The molecule has 0 unspecified atom stereocenters. The molecule has 0 aliphatic carbocycles. The lowest BCUT2D eigenvalue weighted by Crippen LogP contribution is -2.24. The minimum absolute atomic E-state index is 0.0957. The van der Waals surface area contributed by atoms with Crippen LogP contribution in [-0.2, 0) is 22.6 Å². The molecule has 0 fully saturated rings. The molecule has 0 saturated carbocycles. The molecule has 0 radical (unpaired) electrons. The van der Waals surface area contributed by atoms with E-state index in [1.807, 2.05) is 47.0 Å². The second kappa shape index (κ2) is 9.09. The zero-order valence-electron chi connectivity index (χ0n) is 17.9. The van der Waals surface area contributed by atoms with Crippen molar-refractivity contribution < 1.29 is 23.5 Å². The standard InChI is InChI=1S/C25H23FN2O4/c1-3-32-24(29)23-21(14-27-25(30)31-2)19-9-4-5-10-22(19)28(23)15-17-8-6-7-16-11-12-18(26)13-20(16)17/h4-13H,3,14-15H2,1-2H3,(H,27,30). The minimum Gasteiger partial charge on any atom is -0.461 e. The molecule has 0 atom stereocenters. The third-order valence-corrected chi connectivity index (χ3v) is 5.40. The van der Waals surface area contributed by atoms with Crippen LogP contribution >= 0.6 is 0 Å². The van der Waals surface area contributed by atoms with Crippen molar-refractivity contribution in [1.29, 1.82) is 0 Å². The van der Waals surface area contributed by atoms with Crippen molar-refractivity contribution >= 4 is 33.7 Å². The first-order valence-corrected chi connectivity index (χ1v) is 10.3. The Morgan fingerprint density at radius 2 is 1.84 bits per heavy atom. The zero-order chi connectivity index (χ0) is 22.7. The third-order valence-electron chi connectivity index (χ3n) is 5.40. The van der Waals surface area contributed by atoms with Crippen LogP contribution < -0.4 is 5.32 Å². The van der Waals surface area contributed by atoms with Gasteiger partial charge in [0.25, 0.3) is 0 Å². The van der Waals surface area contributed by atoms with Gasteiger partial charge in [0, 0.05) is 29.6 Å². The van der Waals surface area contributed by atoms with E-state index in [0.717, 1.165) is 27.2 Å². The second-order valence-corrected chi connectivity index (χ2v) is 7.28. The normalized spacial score (nSPS) is 11.0. The number of methoxy groups -OCH3 is 1. The number of benzene rings is 3. The fourth-order valence-corrected chi connectivity index (χ4v) is 4.00. The van der Waals surface area contributed by atoms with Gasteiger partial charge in [-0.25, -0.2) is 14.0 Å². The molecular weight excluding hydrogens is 411 g/mol. The number of carbonyl (C=O) groups excluding carboxylic acids is 2. The Morgan fingerprint density at radius 1 is 1.03 bits per heavy atom. The third kappa shape index (κ3) is 4.01. The maximum absolute atomic E-state index is 14.0. The van der Waals surface area contributed by atoms with Crippen molar-refractivity contribution in [2.75, 3.05) is 13.7 Å². The molecule has 0 spiro atoms. The van der Waals surface area contributed by atoms with E-state index in [2.05, 4.69) is 10.1 Å². The van der Waals surface area contributed by atoms with Gasteiger partial charge >= 0.3 is 12.1 Å². The number of halogens is 1. The summed E-state index contributed by atoms with van der Waals surface area (Å²) >= 11 is 0. The van der Waals surface area contributed by atoms with Gasteiger partial charge in [0.05, 0.1) is 13.7 Å². The van der Waals surface area contributed by atoms with Gasteiger partial charge in [-0.3, -0.25) is 0 Å². The van der Waals surface area contributed by atoms with Gasteiger partial charge in [-0.15, -0.1) is 0 Å². The number of fused-ring (bicyclic) bond motifs is 2. The van der Waals surface area contributed by atoms with Crippen LogP contribution in [0, 0.1) is 5.82 Å². The van der Waals surface area contributed by atoms with Crippen LogP contribution in [0.4, 0.5) is 9.18 Å². The first kappa shape index (κ1) is 21.4. The summed E-state index contributed by atoms with van der Waals surface area (Å²) in [5.41, 5.74) is 2.65. The smallest absolute Gasteiger partial charge is 0.407 e. The fraction of sp³-hybridized carbons (Fsp3) is 0.200. The lowest BCUT2D eigenvalue weighted by Gasteiger charge is -2.14. The highest BCUT2D eigenvalue weighted by Crippen LogP contribution is 2.30. The highest BCUT2D eigenvalue weighted by Gasteiger charge is 2.24. The number of hydrogen-bond donors (Lipinski definition) is 1. The lowest BCUT2D eigenvalue weighted by atomic mass is 10.0. The van der Waals surface area contributed by atoms with Gasteiger partial charge in [-0.2, -0.15) is 0 Å². The van der Waals surface area contributed by atoms with E-state index in [9.17, 15) is 14.0 Å². The maximum Gasteiger partial charge on any atom is 0.407 e. The van der Waals surface area contributed by atoms with Gasteiger partial charge in [-0.1, -0.05) is 42.5 Å². The minimum atomic E-state index is -0.596. The van der Waals surface area contributed by atoms with E-state index in [0.29, 0.717) is 17.8 Å². The number of nitrogens with zero attached hydrogens (tertiary/aromatic N) is 1. The van der Waals surface area contributed by atoms with Crippen LogP contribution in [0.15, 0.2) is 60.7 Å². The predicted molar refractivity (Wildman–Crippen MR) is 120 cm³/mol. The summed E-state index contributed by atoms with van der Waals surface area (Å²) in [7, 11) is 1.28. The quantitative estimate of drug-likeness (QED) is 0.433. The van der Waals surface area contributed by atoms with E-state index in [4.69, 9.17) is 4.74 Å². The first-order chi connectivity index (χ1) is 15.5. The summed E-state index contributed by atoms with van der Waals surface area (Å²) in [6.45, 7) is 2.38. The Balaban J connectivity index is 1.90. The summed E-state index contributed by atoms with van der Waals surface area (Å²) in [5.74, 6) is -0.812. The molecule has 7 heteroatoms. The Kier molecular flexibility index (Phi) is 6.07. The molecule has 0 aliphatic rings. The molecule has 3 aromatic carbocycles. The number of amides is 1. The summed E-state index contributed by atoms with van der Waals surface area (Å²) in [6, 6.07) is 18.0. The molecule has 0 saturated heterocycles.